The Bertz CT molecular complexity index is 989. The van der Waals surface area contributed by atoms with Crippen molar-refractivity contribution in [3.63, 3.8) is 0 Å². The zero-order valence-corrected chi connectivity index (χ0v) is 13.0. The average molecular weight is 358 g/mol. The first-order valence-electron chi connectivity index (χ1n) is 6.43. The molecule has 9 heteroatoms. The topological polar surface area (TPSA) is 74.8 Å². The first kappa shape index (κ1) is 15.9. The molecule has 0 atom stereocenters. The second kappa shape index (κ2) is 5.88. The molecule has 23 heavy (non-hydrogen) atoms. The van der Waals surface area contributed by atoms with E-state index in [4.69, 9.17) is 11.6 Å². The van der Waals surface area contributed by atoms with Crippen LogP contribution in [0.25, 0.3) is 11.0 Å². The van der Waals surface area contributed by atoms with Gasteiger partial charge in [-0.3, -0.25) is 0 Å². The van der Waals surface area contributed by atoms with Gasteiger partial charge < -0.3 is 4.98 Å². The largest absolute Gasteiger partial charge is 0.346 e. The summed E-state index contributed by atoms with van der Waals surface area (Å²) in [7, 11) is -4.23. The lowest BCUT2D eigenvalue weighted by molar-refractivity contribution is 0.546. The zero-order chi connectivity index (χ0) is 16.6. The van der Waals surface area contributed by atoms with Crippen molar-refractivity contribution in [2.45, 2.75) is 11.4 Å². The van der Waals surface area contributed by atoms with Gasteiger partial charge in [-0.25, -0.2) is 26.9 Å². The van der Waals surface area contributed by atoms with Crippen LogP contribution < -0.4 is 4.72 Å². The predicted molar refractivity (Wildman–Crippen MR) is 81.5 cm³/mol. The van der Waals surface area contributed by atoms with Crippen LogP contribution in [0.15, 0.2) is 41.6 Å². The first-order valence-corrected chi connectivity index (χ1v) is 8.30. The fourth-order valence-corrected chi connectivity index (χ4v) is 3.35. The van der Waals surface area contributed by atoms with Crippen LogP contribution in [-0.2, 0) is 16.6 Å². The molecule has 5 nitrogen and oxygen atoms in total. The van der Waals surface area contributed by atoms with Crippen molar-refractivity contribution < 1.29 is 17.2 Å². The van der Waals surface area contributed by atoms with E-state index < -0.39 is 31.6 Å². The van der Waals surface area contributed by atoms with Gasteiger partial charge in [-0.05, 0) is 29.8 Å². The molecular formula is C14H10ClF2N3O2S. The molecule has 0 amide bonds. The summed E-state index contributed by atoms with van der Waals surface area (Å²) in [6.45, 7) is -0.0995. The number of H-pyrrole nitrogens is 1. The Morgan fingerprint density at radius 3 is 2.83 bits per heavy atom. The number of nitrogens with one attached hydrogen (secondary N) is 2. The minimum absolute atomic E-state index is 0.0995. The molecule has 0 aliphatic carbocycles. The molecule has 0 radical (unpaired) electrons. The van der Waals surface area contributed by atoms with Crippen LogP contribution >= 0.6 is 11.6 Å². The fraction of sp³-hybridized carbons (Fsp3) is 0.0714. The van der Waals surface area contributed by atoms with Crippen molar-refractivity contribution >= 4 is 32.7 Å². The van der Waals surface area contributed by atoms with E-state index in [-0.39, 0.29) is 6.54 Å². The molecule has 0 saturated heterocycles. The number of hydrogen-bond donors (Lipinski definition) is 2. The van der Waals surface area contributed by atoms with Crippen molar-refractivity contribution in [1.82, 2.24) is 14.7 Å². The maximum Gasteiger partial charge on any atom is 0.243 e. The highest BCUT2D eigenvalue weighted by Crippen LogP contribution is 2.23. The van der Waals surface area contributed by atoms with Crippen LogP contribution in [-0.4, -0.2) is 18.4 Å². The number of fused-ring (bicyclic) bond motifs is 1. The molecule has 120 valence electrons. The normalized spacial score (nSPS) is 12.0. The number of benzene rings is 1. The van der Waals surface area contributed by atoms with Crippen LogP contribution in [0.5, 0.6) is 0 Å². The highest BCUT2D eigenvalue weighted by atomic mass is 35.5. The van der Waals surface area contributed by atoms with E-state index in [9.17, 15) is 17.2 Å². The summed E-state index contributed by atoms with van der Waals surface area (Å²) in [6, 6.07) is 4.66. The molecule has 0 bridgehead atoms. The van der Waals surface area contributed by atoms with Crippen LogP contribution in [0.3, 0.4) is 0 Å². The van der Waals surface area contributed by atoms with Crippen molar-refractivity contribution in [1.29, 1.82) is 0 Å². The minimum Gasteiger partial charge on any atom is -0.346 e. The molecular weight excluding hydrogens is 348 g/mol. The maximum atomic E-state index is 13.8. The van der Waals surface area contributed by atoms with Crippen molar-refractivity contribution in [2.75, 3.05) is 0 Å². The molecule has 0 aliphatic heterocycles. The van der Waals surface area contributed by atoms with Gasteiger partial charge in [-0.2, -0.15) is 0 Å². The monoisotopic (exact) mass is 357 g/mol. The molecule has 0 saturated carbocycles. The summed E-state index contributed by atoms with van der Waals surface area (Å²) in [6.07, 6.45) is 3.19. The molecule has 3 rings (SSSR count). The van der Waals surface area contributed by atoms with Gasteiger partial charge in [-0.15, -0.1) is 0 Å². The number of aromatic amines is 1. The summed E-state index contributed by atoms with van der Waals surface area (Å²) >= 11 is 5.42. The van der Waals surface area contributed by atoms with E-state index in [0.29, 0.717) is 23.3 Å². The van der Waals surface area contributed by atoms with Gasteiger partial charge in [-0.1, -0.05) is 11.6 Å². The third-order valence-electron chi connectivity index (χ3n) is 3.25. The molecule has 0 spiro atoms. The molecule has 1 aromatic carbocycles. The Morgan fingerprint density at radius 1 is 1.26 bits per heavy atom. The molecule has 2 N–H and O–H groups in total. The van der Waals surface area contributed by atoms with Crippen LogP contribution in [0.4, 0.5) is 8.78 Å². The number of hydrogen-bond acceptors (Lipinski definition) is 3. The lowest BCUT2D eigenvalue weighted by Gasteiger charge is -2.08. The second-order valence-corrected chi connectivity index (χ2v) is 6.88. The maximum absolute atomic E-state index is 13.8. The van der Waals surface area contributed by atoms with Gasteiger partial charge in [0.1, 0.15) is 22.2 Å². The molecule has 0 unspecified atom stereocenters. The van der Waals surface area contributed by atoms with Gasteiger partial charge in [0.25, 0.3) is 0 Å². The summed E-state index contributed by atoms with van der Waals surface area (Å²) < 4.78 is 53.7. The van der Waals surface area contributed by atoms with E-state index in [1.807, 2.05) is 0 Å². The summed E-state index contributed by atoms with van der Waals surface area (Å²) in [5, 5.41) is 0.252. The van der Waals surface area contributed by atoms with Gasteiger partial charge in [0.2, 0.25) is 10.0 Å². The summed E-state index contributed by atoms with van der Waals surface area (Å²) in [5.74, 6) is -2.13. The second-order valence-electron chi connectivity index (χ2n) is 4.73. The van der Waals surface area contributed by atoms with Crippen molar-refractivity contribution in [3.05, 3.63) is 58.9 Å². The van der Waals surface area contributed by atoms with E-state index in [1.54, 1.807) is 24.5 Å². The van der Waals surface area contributed by atoms with E-state index >= 15 is 0 Å². The van der Waals surface area contributed by atoms with E-state index in [2.05, 4.69) is 14.7 Å². The first-order chi connectivity index (χ1) is 10.9. The lowest BCUT2D eigenvalue weighted by Crippen LogP contribution is -2.24. The highest BCUT2D eigenvalue weighted by molar-refractivity contribution is 7.89. The average Bonchev–Trinajstić information content (AvgIpc) is 2.92. The lowest BCUT2D eigenvalue weighted by atomic mass is 10.2. The van der Waals surface area contributed by atoms with Gasteiger partial charge in [0, 0.05) is 24.3 Å². The molecule has 2 aromatic heterocycles. The quantitative estimate of drug-likeness (QED) is 0.705. The third kappa shape index (κ3) is 3.05. The van der Waals surface area contributed by atoms with Crippen molar-refractivity contribution in [3.8, 4) is 0 Å². The molecule has 0 fully saturated rings. The van der Waals surface area contributed by atoms with Gasteiger partial charge in [0.15, 0.2) is 0 Å². The molecule has 3 aromatic rings. The number of sulfonamides is 1. The Morgan fingerprint density at radius 2 is 2.04 bits per heavy atom. The third-order valence-corrected chi connectivity index (χ3v) is 4.96. The number of aromatic nitrogens is 2. The van der Waals surface area contributed by atoms with E-state index in [1.165, 1.54) is 0 Å². The number of rotatable bonds is 4. The number of halogens is 3. The van der Waals surface area contributed by atoms with Crippen LogP contribution in [0.1, 0.15) is 5.56 Å². The van der Waals surface area contributed by atoms with Gasteiger partial charge in [0.05, 0.1) is 5.02 Å². The van der Waals surface area contributed by atoms with Crippen LogP contribution in [0.2, 0.25) is 5.02 Å². The minimum atomic E-state index is -4.23. The Kier molecular flexibility index (Phi) is 4.05. The molecule has 2 heterocycles. The van der Waals surface area contributed by atoms with Crippen LogP contribution in [0, 0.1) is 11.6 Å². The Hall–Kier alpha value is -2.03. The number of nitrogens with zero attached hydrogens (tertiary/aromatic N) is 1. The highest BCUT2D eigenvalue weighted by Gasteiger charge is 2.21. The number of pyridine rings is 1. The fourth-order valence-electron chi connectivity index (χ4n) is 2.12. The van der Waals surface area contributed by atoms with E-state index in [0.717, 1.165) is 5.39 Å². The standard InChI is InChI=1S/C14H10ClF2N3O2S/c15-10-4-12(17)13(5-11(10)16)23(21,22)20-7-8-6-19-14-9(8)2-1-3-18-14/h1-6,20H,7H2,(H,18,19). The summed E-state index contributed by atoms with van der Waals surface area (Å²) in [5.41, 5.74) is 1.23. The Balaban J connectivity index is 1.89. The summed E-state index contributed by atoms with van der Waals surface area (Å²) in [4.78, 5) is 6.18. The Labute approximate surface area is 135 Å². The smallest absolute Gasteiger partial charge is 0.243 e. The van der Waals surface area contributed by atoms with Crippen molar-refractivity contribution in [2.24, 2.45) is 0 Å². The zero-order valence-electron chi connectivity index (χ0n) is 11.5. The predicted octanol–water partition coefficient (Wildman–Crippen LogP) is 2.97. The van der Waals surface area contributed by atoms with Gasteiger partial charge >= 0.3 is 0 Å². The molecule has 0 aliphatic rings. The SMILES string of the molecule is O=S(=O)(NCc1c[nH]c2ncccc12)c1cc(F)c(Cl)cc1F.